The quantitative estimate of drug-likeness (QED) is 0.332. The van der Waals surface area contributed by atoms with Crippen LogP contribution in [0.4, 0.5) is 0 Å². The summed E-state index contributed by atoms with van der Waals surface area (Å²) in [6, 6.07) is 0. The molecule has 0 heterocycles. The molecule has 0 amide bonds. The maximum atomic E-state index is 8.74. The maximum absolute atomic E-state index is 8.74. The fourth-order valence-electron chi connectivity index (χ4n) is 0. The van der Waals surface area contributed by atoms with Crippen LogP contribution < -0.4 is 5.90 Å². The van der Waals surface area contributed by atoms with Crippen LogP contribution in [-0.2, 0) is 9.40 Å². The van der Waals surface area contributed by atoms with Crippen LogP contribution >= 0.6 is 8.25 Å². The summed E-state index contributed by atoms with van der Waals surface area (Å²) in [5.74, 6) is 4.53. The molecule has 0 aromatic heterocycles. The SMILES string of the molecule is CCON.O=[PH](O)O. The van der Waals surface area contributed by atoms with E-state index >= 15 is 0 Å². The average Bonchev–Trinajstić information content (AvgIpc) is 1.65. The van der Waals surface area contributed by atoms with Gasteiger partial charge in [0, 0.05) is 0 Å². The molecule has 0 aliphatic carbocycles. The van der Waals surface area contributed by atoms with Crippen molar-refractivity contribution in [1.82, 2.24) is 0 Å². The fourth-order valence-corrected chi connectivity index (χ4v) is 0. The Morgan fingerprint density at radius 2 is 1.88 bits per heavy atom. The lowest BCUT2D eigenvalue weighted by molar-refractivity contribution is 0.152. The zero-order chi connectivity index (χ0) is 6.99. The van der Waals surface area contributed by atoms with Crippen molar-refractivity contribution in [2.24, 2.45) is 5.90 Å². The molecule has 8 heavy (non-hydrogen) atoms. The normalized spacial score (nSPS) is 8.12. The second-order valence-corrected chi connectivity index (χ2v) is 1.30. The molecular weight excluding hydrogens is 133 g/mol. The van der Waals surface area contributed by atoms with Crippen molar-refractivity contribution in [1.29, 1.82) is 0 Å². The van der Waals surface area contributed by atoms with Crippen LogP contribution in [0.1, 0.15) is 6.92 Å². The molecule has 0 bridgehead atoms. The molecule has 0 aliphatic rings. The molecule has 52 valence electrons. The largest absolute Gasteiger partial charge is 0.326 e. The first-order chi connectivity index (χ1) is 3.65. The summed E-state index contributed by atoms with van der Waals surface area (Å²) in [5, 5.41) is 0. The second kappa shape index (κ2) is 10.1. The van der Waals surface area contributed by atoms with Crippen LogP contribution in [0.15, 0.2) is 0 Å². The smallest absolute Gasteiger partial charge is 0.314 e. The van der Waals surface area contributed by atoms with Crippen LogP contribution in [-0.4, -0.2) is 16.4 Å². The van der Waals surface area contributed by atoms with E-state index in [9.17, 15) is 0 Å². The highest BCUT2D eigenvalue weighted by Crippen LogP contribution is 1.98. The maximum Gasteiger partial charge on any atom is 0.314 e. The molecule has 6 heteroatoms. The zero-order valence-electron chi connectivity index (χ0n) is 4.50. The standard InChI is InChI=1S/C2H7NO.H3O3P/c1-2-4-3;1-4(2)3/h2-3H2,1H3;4H,(H2,1,2,3). The molecule has 0 atom stereocenters. The van der Waals surface area contributed by atoms with Crippen LogP contribution in [0.3, 0.4) is 0 Å². The Bertz CT molecular complexity index is 52.0. The molecule has 0 aliphatic heterocycles. The van der Waals surface area contributed by atoms with Crippen molar-refractivity contribution in [3.8, 4) is 0 Å². The van der Waals surface area contributed by atoms with Gasteiger partial charge in [-0.3, -0.25) is 4.57 Å². The summed E-state index contributed by atoms with van der Waals surface area (Å²) < 4.78 is 8.74. The minimum Gasteiger partial charge on any atom is -0.326 e. The Balaban J connectivity index is 0. The Labute approximate surface area is 48.0 Å². The molecule has 0 aromatic rings. The van der Waals surface area contributed by atoms with E-state index in [2.05, 4.69) is 10.7 Å². The van der Waals surface area contributed by atoms with E-state index in [0.29, 0.717) is 6.61 Å². The Morgan fingerprint density at radius 1 is 1.75 bits per heavy atom. The van der Waals surface area contributed by atoms with Gasteiger partial charge in [0.15, 0.2) is 0 Å². The summed E-state index contributed by atoms with van der Waals surface area (Å²) in [7, 11) is -3.13. The Morgan fingerprint density at radius 3 is 1.88 bits per heavy atom. The molecule has 4 N–H and O–H groups in total. The van der Waals surface area contributed by atoms with E-state index in [1.807, 2.05) is 6.92 Å². The van der Waals surface area contributed by atoms with Gasteiger partial charge in [-0.05, 0) is 6.92 Å². The van der Waals surface area contributed by atoms with E-state index in [-0.39, 0.29) is 0 Å². The van der Waals surface area contributed by atoms with Crippen molar-refractivity contribution in [2.75, 3.05) is 6.61 Å². The van der Waals surface area contributed by atoms with Gasteiger partial charge in [-0.25, -0.2) is 5.90 Å². The molecule has 5 nitrogen and oxygen atoms in total. The summed E-state index contributed by atoms with van der Waals surface area (Å²) in [6.07, 6.45) is 0. The predicted octanol–water partition coefficient (Wildman–Crippen LogP) is -0.743. The zero-order valence-corrected chi connectivity index (χ0v) is 5.50. The molecule has 0 unspecified atom stereocenters. The molecule has 0 radical (unpaired) electrons. The van der Waals surface area contributed by atoms with E-state index < -0.39 is 8.25 Å². The number of hydrogen-bond acceptors (Lipinski definition) is 3. The molecule has 0 rings (SSSR count). The number of nitrogens with two attached hydrogens (primary N) is 1. The summed E-state index contributed by atoms with van der Waals surface area (Å²) in [5.41, 5.74) is 0. The predicted molar refractivity (Wildman–Crippen MR) is 29.3 cm³/mol. The van der Waals surface area contributed by atoms with Crippen molar-refractivity contribution < 1.29 is 19.2 Å². The van der Waals surface area contributed by atoms with E-state index in [1.54, 1.807) is 0 Å². The third-order valence-corrected chi connectivity index (χ3v) is 0.167. The lowest BCUT2D eigenvalue weighted by Crippen LogP contribution is -1.94. The van der Waals surface area contributed by atoms with E-state index in [4.69, 9.17) is 14.4 Å². The first-order valence-electron chi connectivity index (χ1n) is 1.88. The van der Waals surface area contributed by atoms with E-state index in [0.717, 1.165) is 0 Å². The van der Waals surface area contributed by atoms with Crippen molar-refractivity contribution >= 4 is 8.25 Å². The van der Waals surface area contributed by atoms with Gasteiger partial charge in [-0.1, -0.05) is 0 Å². The highest BCUT2D eigenvalue weighted by molar-refractivity contribution is 7.30. The third-order valence-electron chi connectivity index (χ3n) is 0.167. The molecular formula is C2H10NO4P. The number of hydrogen-bond donors (Lipinski definition) is 3. The molecule has 0 fully saturated rings. The minimum absolute atomic E-state index is 0.597. The highest BCUT2D eigenvalue weighted by Gasteiger charge is 1.61. The van der Waals surface area contributed by atoms with Crippen LogP contribution in [0.5, 0.6) is 0 Å². The van der Waals surface area contributed by atoms with Crippen molar-refractivity contribution in [2.45, 2.75) is 6.92 Å². The van der Waals surface area contributed by atoms with Gasteiger partial charge in [0.05, 0.1) is 6.61 Å². The van der Waals surface area contributed by atoms with Gasteiger partial charge in [-0.15, -0.1) is 0 Å². The van der Waals surface area contributed by atoms with E-state index in [1.165, 1.54) is 0 Å². The van der Waals surface area contributed by atoms with Crippen molar-refractivity contribution in [3.05, 3.63) is 0 Å². The Kier molecular flexibility index (Phi) is 13.9. The van der Waals surface area contributed by atoms with Gasteiger partial charge in [0.1, 0.15) is 0 Å². The first kappa shape index (κ1) is 10.9. The summed E-state index contributed by atoms with van der Waals surface area (Å²) >= 11 is 0. The Hall–Kier alpha value is 0.0700. The monoisotopic (exact) mass is 143 g/mol. The fraction of sp³-hybridized carbons (Fsp3) is 1.00. The summed E-state index contributed by atoms with van der Waals surface area (Å²) in [6.45, 7) is 2.43. The first-order valence-corrected chi connectivity index (χ1v) is 3.19. The molecule has 0 spiro atoms. The highest BCUT2D eigenvalue weighted by atomic mass is 31.1. The van der Waals surface area contributed by atoms with Gasteiger partial charge >= 0.3 is 8.25 Å². The van der Waals surface area contributed by atoms with Crippen molar-refractivity contribution in [3.63, 3.8) is 0 Å². The van der Waals surface area contributed by atoms with Gasteiger partial charge in [0.25, 0.3) is 0 Å². The lowest BCUT2D eigenvalue weighted by Gasteiger charge is -1.76. The second-order valence-electron chi connectivity index (χ2n) is 0.738. The topological polar surface area (TPSA) is 92.8 Å². The lowest BCUT2D eigenvalue weighted by atomic mass is 10.9. The third kappa shape index (κ3) is 136. The average molecular weight is 143 g/mol. The van der Waals surface area contributed by atoms with Gasteiger partial charge in [0.2, 0.25) is 0 Å². The molecule has 0 saturated heterocycles. The number of rotatable bonds is 1. The molecule has 0 aromatic carbocycles. The summed E-state index contributed by atoms with van der Waals surface area (Å²) in [4.78, 5) is 18.4. The van der Waals surface area contributed by atoms with Gasteiger partial charge in [-0.2, -0.15) is 0 Å². The molecule has 0 saturated carbocycles. The van der Waals surface area contributed by atoms with Gasteiger partial charge < -0.3 is 14.6 Å². The van der Waals surface area contributed by atoms with Crippen LogP contribution in [0.2, 0.25) is 0 Å². The van der Waals surface area contributed by atoms with Crippen LogP contribution in [0.25, 0.3) is 0 Å². The van der Waals surface area contributed by atoms with Crippen LogP contribution in [0, 0.1) is 0 Å². The minimum atomic E-state index is -3.13.